The molecule has 0 aliphatic rings. The molecular formula is C13H12Cl2N2OS. The highest BCUT2D eigenvalue weighted by atomic mass is 35.5. The second kappa shape index (κ2) is 5.82. The zero-order valence-corrected chi connectivity index (χ0v) is 12.4. The van der Waals surface area contributed by atoms with Gasteiger partial charge in [-0.05, 0) is 37.3 Å². The van der Waals surface area contributed by atoms with Gasteiger partial charge >= 0.3 is 0 Å². The lowest BCUT2D eigenvalue weighted by atomic mass is 10.1. The van der Waals surface area contributed by atoms with E-state index in [0.717, 1.165) is 4.88 Å². The van der Waals surface area contributed by atoms with Crippen molar-refractivity contribution in [2.45, 2.75) is 13.0 Å². The fourth-order valence-corrected chi connectivity index (χ4v) is 2.89. The quantitative estimate of drug-likeness (QED) is 0.837. The van der Waals surface area contributed by atoms with Crippen molar-refractivity contribution in [3.63, 3.8) is 0 Å². The number of anilines is 1. The van der Waals surface area contributed by atoms with E-state index in [0.29, 0.717) is 20.6 Å². The number of nitrogen functional groups attached to an aromatic ring is 1. The van der Waals surface area contributed by atoms with E-state index in [4.69, 9.17) is 28.9 Å². The fourth-order valence-electron chi connectivity index (χ4n) is 1.65. The van der Waals surface area contributed by atoms with Crippen molar-refractivity contribution in [2.75, 3.05) is 5.73 Å². The highest BCUT2D eigenvalue weighted by molar-refractivity contribution is 7.16. The van der Waals surface area contributed by atoms with Crippen LogP contribution in [0.3, 0.4) is 0 Å². The van der Waals surface area contributed by atoms with Crippen LogP contribution in [0.5, 0.6) is 0 Å². The maximum atomic E-state index is 12.1. The summed E-state index contributed by atoms with van der Waals surface area (Å²) in [6, 6.07) is 8.38. The minimum absolute atomic E-state index is 0.125. The number of hydrogen-bond donors (Lipinski definition) is 2. The Balaban J connectivity index is 2.12. The third-order valence-electron chi connectivity index (χ3n) is 2.63. The van der Waals surface area contributed by atoms with Crippen LogP contribution in [0.1, 0.15) is 28.2 Å². The molecule has 1 unspecified atom stereocenters. The number of carbonyl (C=O) groups is 1. The number of benzene rings is 1. The first-order chi connectivity index (χ1) is 8.97. The highest BCUT2D eigenvalue weighted by Crippen LogP contribution is 2.27. The van der Waals surface area contributed by atoms with Crippen LogP contribution in [-0.2, 0) is 0 Å². The number of hydrogen-bond acceptors (Lipinski definition) is 3. The van der Waals surface area contributed by atoms with Gasteiger partial charge in [0, 0.05) is 15.6 Å². The molecule has 1 atom stereocenters. The smallest absolute Gasteiger partial charge is 0.253 e. The molecule has 0 spiro atoms. The van der Waals surface area contributed by atoms with Crippen LogP contribution < -0.4 is 11.1 Å². The molecule has 100 valence electrons. The molecule has 2 aromatic rings. The molecule has 3 N–H and O–H groups in total. The van der Waals surface area contributed by atoms with E-state index in [9.17, 15) is 4.79 Å². The van der Waals surface area contributed by atoms with Gasteiger partial charge in [0.05, 0.1) is 15.9 Å². The summed E-state index contributed by atoms with van der Waals surface area (Å²) in [5.74, 6) is -0.230. The predicted molar refractivity (Wildman–Crippen MR) is 81.1 cm³/mol. The monoisotopic (exact) mass is 314 g/mol. The molecule has 0 radical (unpaired) electrons. The fraction of sp³-hybridized carbons (Fsp3) is 0.154. The van der Waals surface area contributed by atoms with Crippen LogP contribution in [-0.4, -0.2) is 5.91 Å². The number of rotatable bonds is 3. The molecule has 0 bridgehead atoms. The maximum Gasteiger partial charge on any atom is 0.253 e. The first-order valence-corrected chi connectivity index (χ1v) is 7.15. The summed E-state index contributed by atoms with van der Waals surface area (Å²) in [7, 11) is 0. The van der Waals surface area contributed by atoms with E-state index in [1.165, 1.54) is 11.3 Å². The molecule has 0 aliphatic carbocycles. The minimum atomic E-state index is -0.230. The Morgan fingerprint density at radius 1 is 1.32 bits per heavy atom. The van der Waals surface area contributed by atoms with Crippen LogP contribution in [0.25, 0.3) is 0 Å². The molecule has 3 nitrogen and oxygen atoms in total. The Bertz CT molecular complexity index is 612. The van der Waals surface area contributed by atoms with Crippen LogP contribution in [0, 0.1) is 0 Å². The summed E-state index contributed by atoms with van der Waals surface area (Å²) in [5.41, 5.74) is 6.56. The van der Waals surface area contributed by atoms with E-state index in [-0.39, 0.29) is 11.9 Å². The zero-order chi connectivity index (χ0) is 14.0. The summed E-state index contributed by atoms with van der Waals surface area (Å²) in [4.78, 5) is 13.1. The molecular weight excluding hydrogens is 303 g/mol. The SMILES string of the molecule is CC(NC(=O)c1ccc(Cl)cc1N)c1ccc(Cl)s1. The summed E-state index contributed by atoms with van der Waals surface area (Å²) >= 11 is 13.1. The second-order valence-corrected chi connectivity index (χ2v) is 6.25. The normalized spacial score (nSPS) is 12.2. The lowest BCUT2D eigenvalue weighted by Gasteiger charge is -2.13. The van der Waals surface area contributed by atoms with Crippen LogP contribution in [0.2, 0.25) is 9.36 Å². The van der Waals surface area contributed by atoms with E-state index < -0.39 is 0 Å². The topological polar surface area (TPSA) is 55.1 Å². The number of nitrogens with two attached hydrogens (primary N) is 1. The van der Waals surface area contributed by atoms with E-state index in [2.05, 4.69) is 5.32 Å². The van der Waals surface area contributed by atoms with Gasteiger partial charge in [-0.2, -0.15) is 0 Å². The number of carbonyl (C=O) groups excluding carboxylic acids is 1. The molecule has 6 heteroatoms. The molecule has 0 saturated carbocycles. The van der Waals surface area contributed by atoms with E-state index >= 15 is 0 Å². The Morgan fingerprint density at radius 3 is 2.63 bits per heavy atom. The maximum absolute atomic E-state index is 12.1. The average Bonchev–Trinajstić information content (AvgIpc) is 2.75. The van der Waals surface area contributed by atoms with Gasteiger partial charge in [0.15, 0.2) is 0 Å². The van der Waals surface area contributed by atoms with Gasteiger partial charge in [-0.15, -0.1) is 11.3 Å². The first-order valence-electron chi connectivity index (χ1n) is 5.58. The molecule has 0 fully saturated rings. The van der Waals surface area contributed by atoms with Crippen molar-refractivity contribution < 1.29 is 4.79 Å². The summed E-state index contributed by atoms with van der Waals surface area (Å²) in [5, 5.41) is 3.38. The summed E-state index contributed by atoms with van der Waals surface area (Å²) in [6.45, 7) is 1.90. The molecule has 1 amide bonds. The van der Waals surface area contributed by atoms with Crippen LogP contribution >= 0.6 is 34.5 Å². The summed E-state index contributed by atoms with van der Waals surface area (Å²) < 4.78 is 0.696. The number of amides is 1. The zero-order valence-electron chi connectivity index (χ0n) is 10.1. The van der Waals surface area contributed by atoms with E-state index in [1.54, 1.807) is 24.3 Å². The van der Waals surface area contributed by atoms with Gasteiger partial charge in [-0.3, -0.25) is 4.79 Å². The predicted octanol–water partition coefficient (Wildman–Crippen LogP) is 4.13. The van der Waals surface area contributed by atoms with Crippen molar-refractivity contribution in [1.29, 1.82) is 0 Å². The second-order valence-electron chi connectivity index (χ2n) is 4.07. The standard InChI is InChI=1S/C13H12Cl2N2OS/c1-7(11-4-5-12(15)19-11)17-13(18)9-3-2-8(14)6-10(9)16/h2-7H,16H2,1H3,(H,17,18). The number of nitrogens with one attached hydrogen (secondary N) is 1. The van der Waals surface area contributed by atoms with Gasteiger partial charge in [0.2, 0.25) is 0 Å². The Labute approximate surface area is 125 Å². The van der Waals surface area contributed by atoms with Gasteiger partial charge in [0.25, 0.3) is 5.91 Å². The van der Waals surface area contributed by atoms with Crippen LogP contribution in [0.15, 0.2) is 30.3 Å². The average molecular weight is 315 g/mol. The lowest BCUT2D eigenvalue weighted by Crippen LogP contribution is -2.26. The van der Waals surface area contributed by atoms with Gasteiger partial charge in [0.1, 0.15) is 0 Å². The molecule has 1 heterocycles. The van der Waals surface area contributed by atoms with Gasteiger partial charge in [-0.25, -0.2) is 0 Å². The third-order valence-corrected chi connectivity index (χ3v) is 4.28. The van der Waals surface area contributed by atoms with E-state index in [1.807, 2.05) is 13.0 Å². The summed E-state index contributed by atoms with van der Waals surface area (Å²) in [6.07, 6.45) is 0. The Morgan fingerprint density at radius 2 is 2.05 bits per heavy atom. The Kier molecular flexibility index (Phi) is 4.34. The van der Waals surface area contributed by atoms with Crippen molar-refractivity contribution in [3.8, 4) is 0 Å². The third kappa shape index (κ3) is 3.41. The molecule has 0 saturated heterocycles. The van der Waals surface area contributed by atoms with Gasteiger partial charge in [-0.1, -0.05) is 23.2 Å². The van der Waals surface area contributed by atoms with Gasteiger partial charge < -0.3 is 11.1 Å². The van der Waals surface area contributed by atoms with Crippen molar-refractivity contribution in [2.24, 2.45) is 0 Å². The molecule has 2 rings (SSSR count). The van der Waals surface area contributed by atoms with Crippen LogP contribution in [0.4, 0.5) is 5.69 Å². The number of halogens is 2. The Hall–Kier alpha value is -1.23. The lowest BCUT2D eigenvalue weighted by molar-refractivity contribution is 0.0941. The minimum Gasteiger partial charge on any atom is -0.398 e. The van der Waals surface area contributed by atoms with Crippen molar-refractivity contribution >= 4 is 46.1 Å². The van der Waals surface area contributed by atoms with Crippen molar-refractivity contribution in [1.82, 2.24) is 5.32 Å². The molecule has 1 aromatic carbocycles. The largest absolute Gasteiger partial charge is 0.398 e. The molecule has 1 aromatic heterocycles. The number of thiophene rings is 1. The molecule has 0 aliphatic heterocycles. The highest BCUT2D eigenvalue weighted by Gasteiger charge is 2.15. The molecule has 19 heavy (non-hydrogen) atoms. The van der Waals surface area contributed by atoms with Crippen molar-refractivity contribution in [3.05, 3.63) is 50.1 Å². The first kappa shape index (κ1) is 14.2.